The fourth-order valence-corrected chi connectivity index (χ4v) is 3.24. The molecule has 0 unspecified atom stereocenters. The Morgan fingerprint density at radius 1 is 1.00 bits per heavy atom. The van der Waals surface area contributed by atoms with Crippen molar-refractivity contribution >= 4 is 10.0 Å². The Labute approximate surface area is 139 Å². The number of benzene rings is 2. The summed E-state index contributed by atoms with van der Waals surface area (Å²) < 4.78 is 25.3. The van der Waals surface area contributed by atoms with Gasteiger partial charge < -0.3 is 5.32 Å². The molecule has 0 saturated carbocycles. The van der Waals surface area contributed by atoms with Crippen molar-refractivity contribution in [1.29, 1.82) is 0 Å². The average Bonchev–Trinajstić information content (AvgIpc) is 2.55. The van der Waals surface area contributed by atoms with Gasteiger partial charge in [-0.1, -0.05) is 42.5 Å². The zero-order valence-corrected chi connectivity index (χ0v) is 14.7. The van der Waals surface area contributed by atoms with Crippen LogP contribution in [-0.4, -0.2) is 33.4 Å². The highest BCUT2D eigenvalue weighted by Gasteiger charge is 2.17. The maximum absolute atomic E-state index is 12.1. The summed E-state index contributed by atoms with van der Waals surface area (Å²) in [6.07, 6.45) is 0.971. The molecular formula is C18H24N2O2S. The molecule has 0 aliphatic rings. The van der Waals surface area contributed by atoms with Gasteiger partial charge in [0.15, 0.2) is 0 Å². The van der Waals surface area contributed by atoms with E-state index in [1.165, 1.54) is 24.0 Å². The van der Waals surface area contributed by atoms with Crippen molar-refractivity contribution in [3.63, 3.8) is 0 Å². The number of nitrogens with one attached hydrogen (secondary N) is 1. The minimum absolute atomic E-state index is 0.176. The monoisotopic (exact) mass is 332 g/mol. The fourth-order valence-electron chi connectivity index (χ4n) is 2.33. The highest BCUT2D eigenvalue weighted by molar-refractivity contribution is 7.89. The summed E-state index contributed by atoms with van der Waals surface area (Å²) in [5, 5.41) is 3.47. The van der Waals surface area contributed by atoms with Crippen LogP contribution in [-0.2, 0) is 16.4 Å². The normalized spacial score (nSPS) is 13.2. The Balaban J connectivity index is 1.94. The second-order valence-corrected chi connectivity index (χ2v) is 7.92. The molecule has 2 rings (SSSR count). The number of hydrogen-bond acceptors (Lipinski definition) is 3. The van der Waals surface area contributed by atoms with E-state index in [4.69, 9.17) is 0 Å². The predicted octanol–water partition coefficient (Wildman–Crippen LogP) is 2.83. The lowest BCUT2D eigenvalue weighted by Crippen LogP contribution is -2.23. The van der Waals surface area contributed by atoms with Crippen LogP contribution in [0.25, 0.3) is 0 Å². The Bertz CT molecular complexity index is 710. The van der Waals surface area contributed by atoms with Crippen LogP contribution in [0.5, 0.6) is 0 Å². The topological polar surface area (TPSA) is 49.4 Å². The summed E-state index contributed by atoms with van der Waals surface area (Å²) in [6, 6.07) is 17.6. The Morgan fingerprint density at radius 3 is 2.17 bits per heavy atom. The molecule has 0 spiro atoms. The molecule has 2 aromatic rings. The molecule has 0 saturated heterocycles. The van der Waals surface area contributed by atoms with Gasteiger partial charge in [0, 0.05) is 20.1 Å². The molecule has 1 N–H and O–H groups in total. The zero-order valence-electron chi connectivity index (χ0n) is 13.9. The summed E-state index contributed by atoms with van der Waals surface area (Å²) in [5.74, 6) is 0. The standard InChI is InChI=1S/C18H24N2O2S/c1-15(19-14-13-16-7-5-4-6-8-16)17-9-11-18(12-10-17)23(21,22)20(2)3/h4-12,15,19H,13-14H2,1-3H3/t15-/m1/s1. The highest BCUT2D eigenvalue weighted by Crippen LogP contribution is 2.18. The maximum atomic E-state index is 12.1. The first kappa shape index (κ1) is 17.7. The van der Waals surface area contributed by atoms with Crippen molar-refractivity contribution in [2.24, 2.45) is 0 Å². The molecule has 4 nitrogen and oxygen atoms in total. The van der Waals surface area contributed by atoms with Crippen LogP contribution < -0.4 is 5.32 Å². The molecule has 0 radical (unpaired) electrons. The SMILES string of the molecule is C[C@@H](NCCc1ccccc1)c1ccc(S(=O)(=O)N(C)C)cc1. The fraction of sp³-hybridized carbons (Fsp3) is 0.333. The van der Waals surface area contributed by atoms with Gasteiger partial charge in [-0.2, -0.15) is 0 Å². The second-order valence-electron chi connectivity index (χ2n) is 5.77. The third kappa shape index (κ3) is 4.64. The molecular weight excluding hydrogens is 308 g/mol. The Morgan fingerprint density at radius 2 is 1.61 bits per heavy atom. The average molecular weight is 332 g/mol. The number of sulfonamides is 1. The first-order valence-electron chi connectivity index (χ1n) is 7.71. The second kappa shape index (κ2) is 7.73. The molecule has 0 aliphatic carbocycles. The molecule has 0 aliphatic heterocycles. The summed E-state index contributed by atoms with van der Waals surface area (Å²) in [6.45, 7) is 2.96. The van der Waals surface area contributed by atoms with Crippen LogP contribution >= 0.6 is 0 Å². The van der Waals surface area contributed by atoms with Crippen LogP contribution in [0.3, 0.4) is 0 Å². The molecule has 1 atom stereocenters. The Hall–Kier alpha value is -1.69. The van der Waals surface area contributed by atoms with Gasteiger partial charge in [-0.05, 0) is 43.1 Å². The minimum atomic E-state index is -3.36. The minimum Gasteiger partial charge on any atom is -0.310 e. The molecule has 0 bridgehead atoms. The van der Waals surface area contributed by atoms with E-state index < -0.39 is 10.0 Å². The lowest BCUT2D eigenvalue weighted by molar-refractivity contribution is 0.520. The van der Waals surface area contributed by atoms with Crippen LogP contribution in [0.2, 0.25) is 0 Å². The molecule has 0 amide bonds. The molecule has 2 aromatic carbocycles. The maximum Gasteiger partial charge on any atom is 0.242 e. The van der Waals surface area contributed by atoms with Crippen LogP contribution in [0, 0.1) is 0 Å². The zero-order chi connectivity index (χ0) is 16.9. The quantitative estimate of drug-likeness (QED) is 0.848. The molecule has 0 fully saturated rings. The molecule has 5 heteroatoms. The van der Waals surface area contributed by atoms with Crippen molar-refractivity contribution in [2.75, 3.05) is 20.6 Å². The van der Waals surface area contributed by atoms with E-state index in [0.29, 0.717) is 4.90 Å². The number of hydrogen-bond donors (Lipinski definition) is 1. The van der Waals surface area contributed by atoms with Crippen molar-refractivity contribution in [3.05, 3.63) is 65.7 Å². The highest BCUT2D eigenvalue weighted by atomic mass is 32.2. The summed E-state index contributed by atoms with van der Waals surface area (Å²) in [4.78, 5) is 0.322. The van der Waals surface area contributed by atoms with Gasteiger partial charge in [0.2, 0.25) is 10.0 Å². The van der Waals surface area contributed by atoms with Gasteiger partial charge in [0.1, 0.15) is 0 Å². The van der Waals surface area contributed by atoms with Crippen molar-refractivity contribution < 1.29 is 8.42 Å². The number of nitrogens with zero attached hydrogens (tertiary/aromatic N) is 1. The van der Waals surface area contributed by atoms with Gasteiger partial charge in [-0.15, -0.1) is 0 Å². The smallest absolute Gasteiger partial charge is 0.242 e. The number of rotatable bonds is 7. The Kier molecular flexibility index (Phi) is 5.93. The predicted molar refractivity (Wildman–Crippen MR) is 93.9 cm³/mol. The molecule has 124 valence electrons. The van der Waals surface area contributed by atoms with E-state index in [1.54, 1.807) is 12.1 Å². The van der Waals surface area contributed by atoms with Crippen LogP contribution in [0.4, 0.5) is 0 Å². The molecule has 0 heterocycles. The van der Waals surface area contributed by atoms with Gasteiger partial charge in [-0.3, -0.25) is 0 Å². The third-order valence-electron chi connectivity index (χ3n) is 3.87. The lowest BCUT2D eigenvalue weighted by atomic mass is 10.1. The van der Waals surface area contributed by atoms with E-state index in [0.717, 1.165) is 18.5 Å². The van der Waals surface area contributed by atoms with E-state index >= 15 is 0 Å². The van der Waals surface area contributed by atoms with Gasteiger partial charge >= 0.3 is 0 Å². The van der Waals surface area contributed by atoms with E-state index in [-0.39, 0.29) is 6.04 Å². The first-order valence-corrected chi connectivity index (χ1v) is 9.15. The molecule has 0 aromatic heterocycles. The lowest BCUT2D eigenvalue weighted by Gasteiger charge is -2.16. The summed E-state index contributed by atoms with van der Waals surface area (Å²) >= 11 is 0. The third-order valence-corrected chi connectivity index (χ3v) is 5.70. The van der Waals surface area contributed by atoms with E-state index in [9.17, 15) is 8.42 Å². The van der Waals surface area contributed by atoms with Gasteiger partial charge in [-0.25, -0.2) is 12.7 Å². The largest absolute Gasteiger partial charge is 0.310 e. The molecule has 23 heavy (non-hydrogen) atoms. The summed E-state index contributed by atoms with van der Waals surface area (Å²) in [7, 11) is -0.282. The van der Waals surface area contributed by atoms with Gasteiger partial charge in [0.05, 0.1) is 4.90 Å². The first-order chi connectivity index (χ1) is 10.9. The van der Waals surface area contributed by atoms with Crippen molar-refractivity contribution in [1.82, 2.24) is 9.62 Å². The van der Waals surface area contributed by atoms with E-state index in [2.05, 4.69) is 24.4 Å². The van der Waals surface area contributed by atoms with Crippen LogP contribution in [0.1, 0.15) is 24.1 Å². The van der Waals surface area contributed by atoms with Gasteiger partial charge in [0.25, 0.3) is 0 Å². The van der Waals surface area contributed by atoms with Crippen molar-refractivity contribution in [2.45, 2.75) is 24.3 Å². The summed E-state index contributed by atoms with van der Waals surface area (Å²) in [5.41, 5.74) is 2.38. The van der Waals surface area contributed by atoms with E-state index in [1.807, 2.05) is 30.3 Å². The van der Waals surface area contributed by atoms with Crippen LogP contribution in [0.15, 0.2) is 59.5 Å². The van der Waals surface area contributed by atoms with Crippen molar-refractivity contribution in [3.8, 4) is 0 Å².